The smallest absolute Gasteiger partial charge is 0.308 e. The Balaban J connectivity index is 2.37. The number of nitrogens with two attached hydrogens (primary N) is 1. The van der Waals surface area contributed by atoms with E-state index in [2.05, 4.69) is 6.92 Å². The molecule has 62 heavy (non-hydrogen) atoms. The molecule has 1 saturated carbocycles. The van der Waals surface area contributed by atoms with Crippen LogP contribution in [-0.4, -0.2) is 103 Å². The van der Waals surface area contributed by atoms with Crippen LogP contribution in [0.15, 0.2) is 11.6 Å². The average molecular weight is 907 g/mol. The van der Waals surface area contributed by atoms with Gasteiger partial charge in [-0.15, -0.1) is 11.6 Å². The molecule has 364 valence electrons. The van der Waals surface area contributed by atoms with Crippen LogP contribution in [0.1, 0.15) is 195 Å². The van der Waals surface area contributed by atoms with Crippen molar-refractivity contribution in [3.05, 3.63) is 11.6 Å². The molecule has 0 radical (unpaired) electrons. The first-order valence-electron chi connectivity index (χ1n) is 24.0. The molecule has 0 saturated heterocycles. The highest BCUT2D eigenvalue weighted by Gasteiger charge is 2.56. The van der Waals surface area contributed by atoms with Gasteiger partial charge in [-0.25, -0.2) is 9.78 Å². The summed E-state index contributed by atoms with van der Waals surface area (Å²) >= 11 is 6.30. The van der Waals surface area contributed by atoms with Gasteiger partial charge in [0.2, 0.25) is 0 Å². The van der Waals surface area contributed by atoms with Crippen molar-refractivity contribution in [3.63, 3.8) is 0 Å². The third-order valence-corrected chi connectivity index (χ3v) is 12.2. The Kier molecular flexibility index (Phi) is 32.4. The van der Waals surface area contributed by atoms with E-state index in [0.717, 1.165) is 50.5 Å². The quantitative estimate of drug-likeness (QED) is 0.00776. The van der Waals surface area contributed by atoms with Crippen LogP contribution in [0.3, 0.4) is 0 Å². The topological polar surface area (TPSA) is 182 Å². The Morgan fingerprint density at radius 2 is 1.26 bits per heavy atom. The van der Waals surface area contributed by atoms with Crippen LogP contribution in [0.2, 0.25) is 0 Å². The van der Waals surface area contributed by atoms with E-state index in [1.807, 2.05) is 33.8 Å². The number of carbonyl (C=O) groups is 3. The van der Waals surface area contributed by atoms with Crippen molar-refractivity contribution in [2.24, 2.45) is 11.7 Å². The number of hydrogen-bond acceptors (Lipinski definition) is 13. The normalized spacial score (nSPS) is 20.1. The number of ether oxygens (including phenoxy) is 5. The second-order valence-corrected chi connectivity index (χ2v) is 18.4. The van der Waals surface area contributed by atoms with Crippen molar-refractivity contribution in [2.75, 3.05) is 46.0 Å². The number of alkyl halides is 1. The molecule has 0 bridgehead atoms. The Labute approximate surface area is 380 Å². The third kappa shape index (κ3) is 26.2. The molecular weight excluding hydrogens is 818 g/mol. The summed E-state index contributed by atoms with van der Waals surface area (Å²) in [6, 6.07) is 0. The van der Waals surface area contributed by atoms with Crippen LogP contribution >= 0.6 is 11.6 Å². The maximum absolute atomic E-state index is 12.9. The molecule has 0 heterocycles. The molecule has 0 aromatic carbocycles. The van der Waals surface area contributed by atoms with E-state index in [-0.39, 0.29) is 44.3 Å². The number of unbranched alkanes of at least 4 members (excludes halogenated alkanes) is 18. The molecule has 0 amide bonds. The second-order valence-electron chi connectivity index (χ2n) is 18.1. The Hall–Kier alpha value is -1.84. The summed E-state index contributed by atoms with van der Waals surface area (Å²) in [5, 5.41) is 22.5. The molecule has 1 aliphatic rings. The lowest BCUT2D eigenvalue weighted by atomic mass is 9.66. The number of rotatable bonds is 39. The van der Waals surface area contributed by atoms with Crippen LogP contribution in [0.4, 0.5) is 0 Å². The molecule has 1 rings (SSSR count). The summed E-state index contributed by atoms with van der Waals surface area (Å²) in [6.07, 6.45) is 23.6. The van der Waals surface area contributed by atoms with E-state index in [4.69, 9.17) is 50.8 Å². The van der Waals surface area contributed by atoms with Gasteiger partial charge in [0.25, 0.3) is 5.79 Å². The van der Waals surface area contributed by atoms with Crippen LogP contribution in [-0.2, 0) is 47.8 Å². The maximum Gasteiger partial charge on any atom is 0.308 e. The number of carbonyl (C=O) groups excluding carboxylic acids is 3. The van der Waals surface area contributed by atoms with E-state index in [1.165, 1.54) is 64.2 Å². The lowest BCUT2D eigenvalue weighted by molar-refractivity contribution is -0.349. The largest absolute Gasteiger partial charge is 0.460 e. The summed E-state index contributed by atoms with van der Waals surface area (Å²) in [5.74, 6) is -4.16. The van der Waals surface area contributed by atoms with Gasteiger partial charge >= 0.3 is 17.9 Å². The van der Waals surface area contributed by atoms with Crippen LogP contribution in [0.25, 0.3) is 0 Å². The highest BCUT2D eigenvalue weighted by atomic mass is 35.5. The van der Waals surface area contributed by atoms with E-state index in [9.17, 15) is 24.6 Å². The monoisotopic (exact) mass is 906 g/mol. The fourth-order valence-corrected chi connectivity index (χ4v) is 8.46. The van der Waals surface area contributed by atoms with Gasteiger partial charge in [0, 0.05) is 38.8 Å². The summed E-state index contributed by atoms with van der Waals surface area (Å²) < 4.78 is 28.6. The van der Waals surface area contributed by atoms with E-state index in [0.29, 0.717) is 38.7 Å². The molecule has 4 N–H and O–H groups in total. The van der Waals surface area contributed by atoms with Gasteiger partial charge in [-0.05, 0) is 59.8 Å². The zero-order valence-electron chi connectivity index (χ0n) is 39.7. The zero-order valence-corrected chi connectivity index (χ0v) is 40.4. The second kappa shape index (κ2) is 34.5. The minimum Gasteiger partial charge on any atom is -0.460 e. The minimum atomic E-state index is -2.20. The first kappa shape index (κ1) is 58.2. The predicted octanol–water partition coefficient (Wildman–Crippen LogP) is 9.73. The summed E-state index contributed by atoms with van der Waals surface area (Å²) in [5.41, 5.74) is 4.49. The molecule has 14 heteroatoms. The minimum absolute atomic E-state index is 0.00773. The fraction of sp³-hybridized carbons (Fsp3) is 0.896. The summed E-state index contributed by atoms with van der Waals surface area (Å²) in [4.78, 5) is 48.0. The number of aliphatic hydroxyl groups is 2. The van der Waals surface area contributed by atoms with Crippen molar-refractivity contribution in [2.45, 2.75) is 224 Å². The zero-order chi connectivity index (χ0) is 46.1. The highest BCUT2D eigenvalue weighted by molar-refractivity contribution is 6.18. The molecular formula is C48H88ClNO12. The first-order chi connectivity index (χ1) is 29.7. The van der Waals surface area contributed by atoms with Crippen molar-refractivity contribution in [1.82, 2.24) is 0 Å². The molecule has 5 atom stereocenters. The lowest BCUT2D eigenvalue weighted by Crippen LogP contribution is -2.63. The van der Waals surface area contributed by atoms with Crippen LogP contribution in [0.5, 0.6) is 0 Å². The molecule has 13 nitrogen and oxygen atoms in total. The van der Waals surface area contributed by atoms with E-state index < -0.39 is 60.3 Å². The van der Waals surface area contributed by atoms with Crippen molar-refractivity contribution >= 4 is 29.5 Å². The van der Waals surface area contributed by atoms with E-state index in [1.54, 1.807) is 7.11 Å². The average Bonchev–Trinajstić information content (AvgIpc) is 3.23. The number of hydrogen-bond donors (Lipinski definition) is 3. The number of allylic oxidation sites excluding steroid dienone is 1. The molecule has 1 unspecified atom stereocenters. The van der Waals surface area contributed by atoms with Crippen LogP contribution in [0, 0.1) is 5.92 Å². The Bertz CT molecular complexity index is 1220. The predicted molar refractivity (Wildman–Crippen MR) is 243 cm³/mol. The van der Waals surface area contributed by atoms with Crippen molar-refractivity contribution in [1.29, 1.82) is 0 Å². The maximum atomic E-state index is 12.9. The van der Waals surface area contributed by atoms with Gasteiger partial charge in [-0.1, -0.05) is 128 Å². The van der Waals surface area contributed by atoms with Gasteiger partial charge in [0.1, 0.15) is 12.2 Å². The van der Waals surface area contributed by atoms with Gasteiger partial charge in [-0.3, -0.25) is 14.4 Å². The summed E-state index contributed by atoms with van der Waals surface area (Å²) in [7, 11) is 1.55. The van der Waals surface area contributed by atoms with Gasteiger partial charge in [0.05, 0.1) is 30.3 Å². The third-order valence-electron chi connectivity index (χ3n) is 11.7. The van der Waals surface area contributed by atoms with E-state index >= 15 is 0 Å². The van der Waals surface area contributed by atoms with Gasteiger partial charge < -0.3 is 39.6 Å². The number of halogens is 1. The molecule has 1 fully saturated rings. The fourth-order valence-electron chi connectivity index (χ4n) is 8.16. The van der Waals surface area contributed by atoms with Gasteiger partial charge in [-0.2, -0.15) is 0 Å². The highest BCUT2D eigenvalue weighted by Crippen LogP contribution is 2.45. The SMILES string of the molecule is CCCCCCCCCCCCCCCCC(=O)OCC(O)(COOCCN)OC(=O)CCCCCCCCC(=O)O[C@@H]1CC[C@](O)(CCl)[C@@H](C(C)(C)OCC=C(C)C)[C@@H]1OC. The molecule has 0 aromatic rings. The molecule has 0 aromatic heterocycles. The molecule has 0 aliphatic heterocycles. The van der Waals surface area contributed by atoms with Crippen LogP contribution < -0.4 is 5.73 Å². The van der Waals surface area contributed by atoms with Crippen molar-refractivity contribution < 1.29 is 58.1 Å². The molecule has 0 spiro atoms. The van der Waals surface area contributed by atoms with Gasteiger partial charge in [0.15, 0.2) is 13.2 Å². The Morgan fingerprint density at radius 3 is 1.74 bits per heavy atom. The number of esters is 3. The summed E-state index contributed by atoms with van der Waals surface area (Å²) in [6.45, 7) is 9.57. The molecule has 1 aliphatic carbocycles. The standard InChI is InChI=1S/C48H88ClNO12/c1-7-8-9-10-11-12-13-14-15-16-17-18-21-24-27-41(51)57-37-48(55,38-60-59-35-33-50)62-43(53)29-26-23-20-19-22-25-28-42(52)61-40-30-32-47(54,36-49)45(44(40)56-6)46(4,5)58-34-31-39(2)3/h31,40,44-45,54-55H,7-30,32-38,50H2,1-6H3/t40-,44-,45-,47+,48?/m1/s1. The Morgan fingerprint density at radius 1 is 0.758 bits per heavy atom. The van der Waals surface area contributed by atoms with Crippen molar-refractivity contribution in [3.8, 4) is 0 Å². The lowest BCUT2D eigenvalue weighted by Gasteiger charge is -2.52. The first-order valence-corrected chi connectivity index (χ1v) is 24.5. The number of methoxy groups -OCH3 is 1.